The highest BCUT2D eigenvalue weighted by atomic mass is 16.7. The van der Waals surface area contributed by atoms with Crippen LogP contribution in [0, 0.1) is 5.92 Å². The molecule has 71 heavy (non-hydrogen) atoms. The third-order valence-corrected chi connectivity index (χ3v) is 11.5. The van der Waals surface area contributed by atoms with E-state index in [2.05, 4.69) is 26.6 Å². The molecule has 4 rings (SSSR count). The minimum atomic E-state index is -1.98. The number of hydrogen-bond donors (Lipinski definition) is 16. The molecule has 0 radical (unpaired) electrons. The lowest BCUT2D eigenvalue weighted by Gasteiger charge is -2.46. The Bertz CT molecular complexity index is 2050. The lowest BCUT2D eigenvalue weighted by Crippen LogP contribution is -2.65. The number of nitrogens with one attached hydrogen (secondary N) is 5. The fourth-order valence-electron chi connectivity index (χ4n) is 7.55. The number of phenols is 1. The molecule has 2 aromatic carbocycles. The van der Waals surface area contributed by atoms with Crippen LogP contribution in [0.15, 0.2) is 54.6 Å². The number of aromatic hydroxyl groups is 1. The molecule has 2 aliphatic heterocycles. The normalized spacial score (nSPS) is 26.9. The van der Waals surface area contributed by atoms with Crippen molar-refractivity contribution in [3.8, 4) is 5.75 Å². The molecule has 18 N–H and O–H groups in total. The number of amides is 6. The Hall–Kier alpha value is -5.46. The van der Waals surface area contributed by atoms with Gasteiger partial charge in [0.05, 0.1) is 38.5 Å². The average Bonchev–Trinajstić information content (AvgIpc) is 3.33. The summed E-state index contributed by atoms with van der Waals surface area (Å²) >= 11 is 0. The van der Waals surface area contributed by atoms with Gasteiger partial charge >= 0.3 is 0 Å². The number of carbonyl (C=O) groups is 6. The molecule has 0 spiro atoms. The van der Waals surface area contributed by atoms with Crippen LogP contribution in [0.25, 0.3) is 0 Å². The average molecular weight is 1010 g/mol. The van der Waals surface area contributed by atoms with Gasteiger partial charge in [-0.25, -0.2) is 0 Å². The summed E-state index contributed by atoms with van der Waals surface area (Å²) in [4.78, 5) is 79.8. The van der Waals surface area contributed by atoms with Crippen molar-refractivity contribution < 1.29 is 93.7 Å². The monoisotopic (exact) mass is 1010 g/mol. The first-order valence-corrected chi connectivity index (χ1v) is 22.8. The molecule has 26 heteroatoms. The molecular weight excluding hydrogens is 943 g/mol. The topological polar surface area (TPSA) is 434 Å². The zero-order valence-electron chi connectivity index (χ0n) is 39.2. The van der Waals surface area contributed by atoms with Crippen LogP contribution in [-0.4, -0.2) is 205 Å². The highest BCUT2D eigenvalue weighted by Gasteiger charge is 2.51. The minimum Gasteiger partial charge on any atom is -0.508 e. The Labute approximate surface area is 408 Å². The first kappa shape index (κ1) is 58.1. The summed E-state index contributed by atoms with van der Waals surface area (Å²) in [5.41, 5.74) is 12.8. The van der Waals surface area contributed by atoms with E-state index in [9.17, 15) is 74.7 Å². The maximum atomic E-state index is 14.0. The summed E-state index contributed by atoms with van der Waals surface area (Å²) in [6, 6.07) is 7.29. The Balaban J connectivity index is 1.39. The van der Waals surface area contributed by atoms with Crippen LogP contribution in [0.2, 0.25) is 0 Å². The summed E-state index contributed by atoms with van der Waals surface area (Å²) in [6.07, 6.45) is -19.1. The Morgan fingerprint density at radius 1 is 0.662 bits per heavy atom. The second kappa shape index (κ2) is 27.4. The van der Waals surface area contributed by atoms with Gasteiger partial charge in [0.2, 0.25) is 35.4 Å². The number of benzene rings is 2. The maximum absolute atomic E-state index is 14.0. The molecular formula is C45H67N7O19. The van der Waals surface area contributed by atoms with Gasteiger partial charge in [-0.15, -0.1) is 0 Å². The molecule has 2 heterocycles. The fraction of sp³-hybridized carbons (Fsp3) is 0.600. The zero-order chi connectivity index (χ0) is 52.7. The number of primary amides is 1. The van der Waals surface area contributed by atoms with E-state index in [0.717, 1.165) is 0 Å². The number of phenolic OH excluding ortho intramolecular Hbond substituents is 1. The summed E-state index contributed by atoms with van der Waals surface area (Å²) in [7, 11) is 0. The van der Waals surface area contributed by atoms with Gasteiger partial charge in [-0.1, -0.05) is 56.3 Å². The van der Waals surface area contributed by atoms with Crippen molar-refractivity contribution in [3.63, 3.8) is 0 Å². The molecule has 2 fully saturated rings. The largest absolute Gasteiger partial charge is 0.508 e. The van der Waals surface area contributed by atoms with Crippen LogP contribution in [0.1, 0.15) is 38.3 Å². The van der Waals surface area contributed by atoms with Crippen molar-refractivity contribution in [1.82, 2.24) is 26.6 Å². The molecule has 16 atom stereocenters. The third-order valence-electron chi connectivity index (χ3n) is 11.5. The van der Waals surface area contributed by atoms with Gasteiger partial charge in [0.15, 0.2) is 12.6 Å². The predicted molar refractivity (Wildman–Crippen MR) is 243 cm³/mol. The van der Waals surface area contributed by atoms with Gasteiger partial charge in [-0.3, -0.25) is 28.8 Å². The number of aliphatic hydroxyl groups excluding tert-OH is 8. The van der Waals surface area contributed by atoms with Crippen LogP contribution in [0.5, 0.6) is 5.75 Å². The van der Waals surface area contributed by atoms with Crippen LogP contribution in [0.4, 0.5) is 0 Å². The van der Waals surface area contributed by atoms with Crippen LogP contribution in [-0.2, 0) is 60.6 Å². The number of carbonyl (C=O) groups excluding carboxylic acids is 6. The number of aliphatic hydroxyl groups is 8. The highest BCUT2D eigenvalue weighted by molar-refractivity contribution is 5.95. The van der Waals surface area contributed by atoms with E-state index >= 15 is 0 Å². The third kappa shape index (κ3) is 16.8. The first-order valence-electron chi connectivity index (χ1n) is 22.8. The lowest BCUT2D eigenvalue weighted by molar-refractivity contribution is -0.359. The first-order chi connectivity index (χ1) is 33.5. The molecule has 2 aromatic rings. The summed E-state index contributed by atoms with van der Waals surface area (Å²) in [5, 5.41) is 104. The molecule has 0 aromatic heterocycles. The maximum Gasteiger partial charge on any atom is 0.245 e. The Morgan fingerprint density at radius 2 is 1.24 bits per heavy atom. The molecule has 26 nitrogen and oxygen atoms in total. The van der Waals surface area contributed by atoms with Crippen LogP contribution in [0.3, 0.4) is 0 Å². The zero-order valence-corrected chi connectivity index (χ0v) is 39.2. The molecule has 0 aliphatic carbocycles. The lowest BCUT2D eigenvalue weighted by atomic mass is 9.97. The van der Waals surface area contributed by atoms with Crippen molar-refractivity contribution in [3.05, 3.63) is 65.7 Å². The van der Waals surface area contributed by atoms with Gasteiger partial charge < -0.3 is 103 Å². The van der Waals surface area contributed by atoms with E-state index in [0.29, 0.717) is 11.1 Å². The van der Waals surface area contributed by atoms with E-state index in [4.69, 9.17) is 30.4 Å². The SMILES string of the molecule is CC(C)C[C@H](NC(=O)[C@H](Cc1ccccc1)NC(=O)CNC(=O)[C@H](NC(=O)[C@@H](N)Cc1ccc(O)cc1)[C@H](C)O)C(=O)N[C@@H](CO[C@@H]1O[C@H](CO)[C@@H](O[C@@H]2O[C@H](CO)[C@H](O)[C@H](O)[C@H]2O)[C@H](O)[C@H]1O)C(N)=O. The van der Waals surface area contributed by atoms with E-state index in [-0.39, 0.29) is 30.9 Å². The van der Waals surface area contributed by atoms with Crippen molar-refractivity contribution in [2.45, 2.75) is 138 Å². The van der Waals surface area contributed by atoms with E-state index in [1.165, 1.54) is 19.1 Å². The second-order valence-corrected chi connectivity index (χ2v) is 17.7. The quantitative estimate of drug-likeness (QED) is 0.0439. The van der Waals surface area contributed by atoms with Crippen LogP contribution < -0.4 is 38.1 Å². The van der Waals surface area contributed by atoms with Gasteiger partial charge in [-0.05, 0) is 48.9 Å². The Morgan fingerprint density at radius 3 is 1.83 bits per heavy atom. The van der Waals surface area contributed by atoms with E-state index < -0.39 is 160 Å². The number of rotatable bonds is 25. The number of hydrogen-bond acceptors (Lipinski definition) is 20. The van der Waals surface area contributed by atoms with Gasteiger partial charge in [0.1, 0.15) is 78.7 Å². The molecule has 0 unspecified atom stereocenters. The molecule has 2 saturated heterocycles. The summed E-state index contributed by atoms with van der Waals surface area (Å²) in [5.74, 6) is -5.80. The summed E-state index contributed by atoms with van der Waals surface area (Å²) in [6.45, 7) is 1.50. The predicted octanol–water partition coefficient (Wildman–Crippen LogP) is -6.89. The van der Waals surface area contributed by atoms with E-state index in [1.807, 2.05) is 0 Å². The van der Waals surface area contributed by atoms with Crippen molar-refractivity contribution in [1.29, 1.82) is 0 Å². The molecule has 2 aliphatic rings. The van der Waals surface area contributed by atoms with E-state index in [1.54, 1.807) is 56.3 Å². The van der Waals surface area contributed by atoms with Crippen molar-refractivity contribution >= 4 is 35.4 Å². The van der Waals surface area contributed by atoms with Gasteiger partial charge in [0, 0.05) is 6.42 Å². The fourth-order valence-corrected chi connectivity index (χ4v) is 7.55. The van der Waals surface area contributed by atoms with Gasteiger partial charge in [-0.2, -0.15) is 0 Å². The summed E-state index contributed by atoms with van der Waals surface area (Å²) < 4.78 is 22.0. The molecule has 0 bridgehead atoms. The molecule has 396 valence electrons. The Kier molecular flexibility index (Phi) is 22.4. The smallest absolute Gasteiger partial charge is 0.245 e. The highest BCUT2D eigenvalue weighted by Crippen LogP contribution is 2.29. The molecule has 6 amide bonds. The van der Waals surface area contributed by atoms with Crippen molar-refractivity contribution in [2.75, 3.05) is 26.4 Å². The van der Waals surface area contributed by atoms with Crippen molar-refractivity contribution in [2.24, 2.45) is 17.4 Å². The molecule has 0 saturated carbocycles. The standard InChI is InChI=1S/C45H67N7O19/c1-20(2)13-26(41(65)51-28(39(47)63)19-68-44-37(62)35(60)38(30(18-54)70-44)71-45-36(61)34(59)33(58)29(17-53)69-45)50-42(66)27(15-22-7-5-4-6-8-22)49-31(57)16-48-43(67)32(21(3)55)52-40(64)25(46)14-23-9-11-24(56)12-10-23/h4-12,20-21,25-30,32-38,44-45,53-56,58-62H,13-19,46H2,1-3H3,(H2,47,63)(H,48,67)(H,49,57)(H,50,66)(H,51,65)(H,52,64)/t21-,25-,26-,27-,28-,29+,30+,32+,33-,34-,35+,36+,37+,38+,44+,45-/m0/s1. The number of nitrogens with two attached hydrogens (primary N) is 2. The second-order valence-electron chi connectivity index (χ2n) is 17.7. The van der Waals surface area contributed by atoms with Crippen LogP contribution >= 0.6 is 0 Å². The minimum absolute atomic E-state index is 0.00959. The number of ether oxygens (including phenoxy) is 4. The van der Waals surface area contributed by atoms with Gasteiger partial charge in [0.25, 0.3) is 0 Å².